The summed E-state index contributed by atoms with van der Waals surface area (Å²) in [6, 6.07) is 4.72. The Labute approximate surface area is 130 Å². The average Bonchev–Trinajstić information content (AvgIpc) is 2.36. The number of hydrogen-bond donors (Lipinski definition) is 3. The standard InChI is InChI=1S/C12H15BrN2O5S/c1-21(19,20)7-6-10(11(16)17)15-12(18)14-9-4-2-8(13)3-5-9/h2-5,10H,6-7H2,1H3,(H,16,17)(H2,14,15,18). The normalized spacial score (nSPS) is 12.5. The van der Waals surface area contributed by atoms with Crippen LogP contribution in [0.15, 0.2) is 28.7 Å². The molecule has 2 amide bonds. The summed E-state index contributed by atoms with van der Waals surface area (Å²) in [5, 5.41) is 13.7. The number of carbonyl (C=O) groups excluding carboxylic acids is 1. The summed E-state index contributed by atoms with van der Waals surface area (Å²) in [6.45, 7) is 0. The van der Waals surface area contributed by atoms with Crippen molar-refractivity contribution in [2.24, 2.45) is 0 Å². The molecular weight excluding hydrogens is 364 g/mol. The van der Waals surface area contributed by atoms with Gasteiger partial charge in [-0.1, -0.05) is 15.9 Å². The van der Waals surface area contributed by atoms with Gasteiger partial charge < -0.3 is 15.7 Å². The van der Waals surface area contributed by atoms with Gasteiger partial charge in [-0.25, -0.2) is 18.0 Å². The van der Waals surface area contributed by atoms with Crippen molar-refractivity contribution in [3.63, 3.8) is 0 Å². The summed E-state index contributed by atoms with van der Waals surface area (Å²) in [4.78, 5) is 22.7. The summed E-state index contributed by atoms with van der Waals surface area (Å²) >= 11 is 3.25. The Morgan fingerprint density at radius 3 is 2.33 bits per heavy atom. The van der Waals surface area contributed by atoms with Crippen molar-refractivity contribution >= 4 is 43.5 Å². The third-order valence-electron chi connectivity index (χ3n) is 2.48. The highest BCUT2D eigenvalue weighted by Crippen LogP contribution is 2.13. The maximum Gasteiger partial charge on any atom is 0.326 e. The van der Waals surface area contributed by atoms with E-state index < -0.39 is 27.9 Å². The van der Waals surface area contributed by atoms with Crippen LogP contribution in [0, 0.1) is 0 Å². The molecule has 116 valence electrons. The van der Waals surface area contributed by atoms with Gasteiger partial charge in [0.1, 0.15) is 15.9 Å². The number of benzene rings is 1. The van der Waals surface area contributed by atoms with Gasteiger partial charge >= 0.3 is 12.0 Å². The molecule has 3 N–H and O–H groups in total. The molecule has 0 aliphatic rings. The summed E-state index contributed by atoms with van der Waals surface area (Å²) in [5.74, 6) is -1.60. The number of aliphatic carboxylic acids is 1. The van der Waals surface area contributed by atoms with Gasteiger partial charge in [-0.2, -0.15) is 0 Å². The van der Waals surface area contributed by atoms with Crippen molar-refractivity contribution < 1.29 is 23.1 Å². The summed E-state index contributed by atoms with van der Waals surface area (Å²) < 4.78 is 22.9. The first-order chi connectivity index (χ1) is 9.67. The Morgan fingerprint density at radius 1 is 1.29 bits per heavy atom. The molecule has 0 saturated carbocycles. The summed E-state index contributed by atoms with van der Waals surface area (Å²) in [6.07, 6.45) is 0.815. The van der Waals surface area contributed by atoms with Gasteiger partial charge in [0, 0.05) is 16.4 Å². The number of urea groups is 1. The molecule has 0 saturated heterocycles. The van der Waals surface area contributed by atoms with Gasteiger partial charge in [0.05, 0.1) is 5.75 Å². The molecule has 0 aliphatic heterocycles. The first kappa shape index (κ1) is 17.4. The van der Waals surface area contributed by atoms with Crippen molar-refractivity contribution in [2.45, 2.75) is 12.5 Å². The van der Waals surface area contributed by atoms with Gasteiger partial charge in [-0.3, -0.25) is 0 Å². The van der Waals surface area contributed by atoms with E-state index in [-0.39, 0.29) is 12.2 Å². The Balaban J connectivity index is 2.60. The van der Waals surface area contributed by atoms with Crippen LogP contribution in [0.1, 0.15) is 6.42 Å². The fraction of sp³-hybridized carbons (Fsp3) is 0.333. The minimum absolute atomic E-state index is 0.193. The van der Waals surface area contributed by atoms with Crippen LogP contribution in [0.25, 0.3) is 0 Å². The van der Waals surface area contributed by atoms with Gasteiger partial charge in [0.2, 0.25) is 0 Å². The third kappa shape index (κ3) is 7.09. The third-order valence-corrected chi connectivity index (χ3v) is 3.99. The molecule has 0 aliphatic carbocycles. The Hall–Kier alpha value is -1.61. The van der Waals surface area contributed by atoms with Crippen molar-refractivity contribution in [1.82, 2.24) is 5.32 Å². The summed E-state index contributed by atoms with van der Waals surface area (Å²) in [7, 11) is -3.29. The molecule has 21 heavy (non-hydrogen) atoms. The first-order valence-corrected chi connectivity index (χ1v) is 8.76. The zero-order valence-corrected chi connectivity index (χ0v) is 13.6. The molecule has 0 bridgehead atoms. The van der Waals surface area contributed by atoms with Gasteiger partial charge in [0.25, 0.3) is 0 Å². The highest BCUT2D eigenvalue weighted by molar-refractivity contribution is 9.10. The zero-order chi connectivity index (χ0) is 16.0. The van der Waals surface area contributed by atoms with Crippen molar-refractivity contribution in [3.8, 4) is 0 Å². The van der Waals surface area contributed by atoms with Crippen molar-refractivity contribution in [3.05, 3.63) is 28.7 Å². The second-order valence-corrected chi connectivity index (χ2v) is 7.59. The van der Waals surface area contributed by atoms with Crippen molar-refractivity contribution in [1.29, 1.82) is 0 Å². The van der Waals surface area contributed by atoms with Crippen molar-refractivity contribution in [2.75, 3.05) is 17.3 Å². The molecule has 1 aromatic carbocycles. The minimum Gasteiger partial charge on any atom is -0.480 e. The van der Waals surface area contributed by atoms with E-state index in [1.54, 1.807) is 24.3 Å². The molecule has 0 radical (unpaired) electrons. The van der Waals surface area contributed by atoms with Crippen LogP contribution < -0.4 is 10.6 Å². The highest BCUT2D eigenvalue weighted by Gasteiger charge is 2.21. The second kappa shape index (κ2) is 7.41. The fourth-order valence-corrected chi connectivity index (χ4v) is 2.38. The molecule has 1 atom stereocenters. The number of amides is 2. The van der Waals surface area contributed by atoms with E-state index in [2.05, 4.69) is 26.6 Å². The lowest BCUT2D eigenvalue weighted by Crippen LogP contribution is -2.43. The molecule has 0 heterocycles. The Bertz CT molecular complexity index is 615. The predicted molar refractivity (Wildman–Crippen MR) is 82.0 cm³/mol. The van der Waals surface area contributed by atoms with E-state index in [0.29, 0.717) is 5.69 Å². The average molecular weight is 379 g/mol. The van der Waals surface area contributed by atoms with Gasteiger partial charge in [-0.05, 0) is 30.7 Å². The number of hydrogen-bond acceptors (Lipinski definition) is 4. The van der Waals surface area contributed by atoms with E-state index in [1.165, 1.54) is 0 Å². The quantitative estimate of drug-likeness (QED) is 0.693. The molecule has 1 aromatic rings. The zero-order valence-electron chi connectivity index (χ0n) is 11.2. The van der Waals surface area contributed by atoms with Crippen LogP contribution in [0.2, 0.25) is 0 Å². The largest absolute Gasteiger partial charge is 0.480 e. The molecule has 1 rings (SSSR count). The van der Waals surface area contributed by atoms with E-state index in [9.17, 15) is 18.0 Å². The Kier molecular flexibility index (Phi) is 6.16. The highest BCUT2D eigenvalue weighted by atomic mass is 79.9. The maximum atomic E-state index is 11.7. The monoisotopic (exact) mass is 378 g/mol. The molecule has 0 spiro atoms. The lowest BCUT2D eigenvalue weighted by molar-refractivity contribution is -0.139. The number of anilines is 1. The SMILES string of the molecule is CS(=O)(=O)CCC(NC(=O)Nc1ccc(Br)cc1)C(=O)O. The number of sulfone groups is 1. The van der Waals surface area contributed by atoms with Crippen LogP contribution in [-0.4, -0.2) is 43.6 Å². The molecular formula is C12H15BrN2O5S. The Morgan fingerprint density at radius 2 is 1.86 bits per heavy atom. The first-order valence-electron chi connectivity index (χ1n) is 5.91. The van der Waals surface area contributed by atoms with Gasteiger partial charge in [0.15, 0.2) is 0 Å². The van der Waals surface area contributed by atoms with Gasteiger partial charge in [-0.15, -0.1) is 0 Å². The van der Waals surface area contributed by atoms with Crippen LogP contribution >= 0.6 is 15.9 Å². The fourth-order valence-electron chi connectivity index (χ4n) is 1.45. The second-order valence-electron chi connectivity index (χ2n) is 4.41. The molecule has 7 nitrogen and oxygen atoms in total. The van der Waals surface area contributed by atoms with E-state index in [4.69, 9.17) is 5.11 Å². The van der Waals surface area contributed by atoms with E-state index >= 15 is 0 Å². The van der Waals surface area contributed by atoms with Crippen LogP contribution in [0.5, 0.6) is 0 Å². The lowest BCUT2D eigenvalue weighted by Gasteiger charge is -2.14. The maximum absolute atomic E-state index is 11.7. The van der Waals surface area contributed by atoms with Crippen LogP contribution in [0.3, 0.4) is 0 Å². The number of rotatable bonds is 6. The smallest absolute Gasteiger partial charge is 0.326 e. The molecule has 0 aromatic heterocycles. The van der Waals surface area contributed by atoms with Crippen LogP contribution in [0.4, 0.5) is 10.5 Å². The molecule has 1 unspecified atom stereocenters. The lowest BCUT2D eigenvalue weighted by atomic mass is 10.2. The molecule has 0 fully saturated rings. The van der Waals surface area contributed by atoms with E-state index in [1.807, 2.05) is 0 Å². The topological polar surface area (TPSA) is 113 Å². The summed E-state index contributed by atoms with van der Waals surface area (Å²) in [5.41, 5.74) is 0.489. The van der Waals surface area contributed by atoms with Crippen LogP contribution in [-0.2, 0) is 14.6 Å². The predicted octanol–water partition coefficient (Wildman–Crippen LogP) is 1.46. The number of carboxylic acid groups (broad SMARTS) is 1. The number of halogens is 1. The van der Waals surface area contributed by atoms with E-state index in [0.717, 1.165) is 10.7 Å². The molecule has 9 heteroatoms. The number of carbonyl (C=O) groups is 2. The number of carboxylic acids is 1. The minimum atomic E-state index is -3.29. The number of nitrogens with one attached hydrogen (secondary N) is 2.